The van der Waals surface area contributed by atoms with Crippen molar-refractivity contribution in [2.75, 3.05) is 44.0 Å². The number of ether oxygens (including phenoxy) is 1. The van der Waals surface area contributed by atoms with E-state index in [4.69, 9.17) is 10.5 Å². The van der Waals surface area contributed by atoms with Gasteiger partial charge in [0.15, 0.2) is 5.69 Å². The number of benzene rings is 1. The molecular weight excluding hydrogens is 450 g/mol. The van der Waals surface area contributed by atoms with Crippen LogP contribution < -0.4 is 21.9 Å². The monoisotopic (exact) mass is 479 g/mol. The summed E-state index contributed by atoms with van der Waals surface area (Å²) in [5.74, 6) is -0.777. The number of amides is 1. The summed E-state index contributed by atoms with van der Waals surface area (Å²) in [4.78, 5) is 41.7. The van der Waals surface area contributed by atoms with Crippen LogP contribution in [0, 0.1) is 0 Å². The van der Waals surface area contributed by atoms with Crippen molar-refractivity contribution in [1.82, 2.24) is 13.9 Å². The summed E-state index contributed by atoms with van der Waals surface area (Å²) >= 11 is 0. The molecule has 180 valence electrons. The minimum absolute atomic E-state index is 0.000207. The summed E-state index contributed by atoms with van der Waals surface area (Å²) in [6, 6.07) is 5.68. The van der Waals surface area contributed by atoms with E-state index in [0.29, 0.717) is 19.5 Å². The number of nitrogen functional groups attached to an aromatic ring is 1. The number of hydrogen-bond donors (Lipinski definition) is 2. The highest BCUT2D eigenvalue weighted by molar-refractivity contribution is 7.89. The highest BCUT2D eigenvalue weighted by Crippen LogP contribution is 2.24. The quantitative estimate of drug-likeness (QED) is 0.535. The standard InChI is InChI=1S/C21H29N5O6S/c1-3-9-26-18(22)17(19(27)23-21(26)29)25(12-13-32-2)20(28)15-7-6-8-16(14-15)33(30,31)24-10-4-5-11-24/h6-8,14H,3-5,9-13,22H2,1-2H3,(H,23,27,29). The Hall–Kier alpha value is -2.96. The van der Waals surface area contributed by atoms with Gasteiger partial charge in [0, 0.05) is 38.9 Å². The van der Waals surface area contributed by atoms with Crippen LogP contribution in [0.4, 0.5) is 11.5 Å². The van der Waals surface area contributed by atoms with Gasteiger partial charge in [0.05, 0.1) is 11.5 Å². The summed E-state index contributed by atoms with van der Waals surface area (Å²) in [6.07, 6.45) is 2.16. The number of H-pyrrole nitrogens is 1. The number of carbonyl (C=O) groups excluding carboxylic acids is 1. The second-order valence-electron chi connectivity index (χ2n) is 7.73. The van der Waals surface area contributed by atoms with Gasteiger partial charge in [0.1, 0.15) is 5.82 Å². The van der Waals surface area contributed by atoms with Crippen molar-refractivity contribution in [3.63, 3.8) is 0 Å². The van der Waals surface area contributed by atoms with Crippen LogP contribution in [0.1, 0.15) is 36.5 Å². The lowest BCUT2D eigenvalue weighted by atomic mass is 10.2. The number of hydrogen-bond acceptors (Lipinski definition) is 7. The van der Waals surface area contributed by atoms with E-state index < -0.39 is 27.2 Å². The van der Waals surface area contributed by atoms with Gasteiger partial charge >= 0.3 is 5.69 Å². The van der Waals surface area contributed by atoms with Crippen molar-refractivity contribution in [3.8, 4) is 0 Å². The number of nitrogens with zero attached hydrogens (tertiary/aromatic N) is 3. The van der Waals surface area contributed by atoms with Crippen molar-refractivity contribution in [2.24, 2.45) is 0 Å². The lowest BCUT2D eigenvalue weighted by Gasteiger charge is -2.24. The van der Waals surface area contributed by atoms with Crippen LogP contribution in [0.25, 0.3) is 0 Å². The lowest BCUT2D eigenvalue weighted by Crippen LogP contribution is -2.42. The smallest absolute Gasteiger partial charge is 0.330 e. The molecule has 3 rings (SSSR count). The third-order valence-electron chi connectivity index (χ3n) is 5.48. The molecule has 0 radical (unpaired) electrons. The average molecular weight is 480 g/mol. The molecule has 0 unspecified atom stereocenters. The third-order valence-corrected chi connectivity index (χ3v) is 7.37. The second-order valence-corrected chi connectivity index (χ2v) is 9.67. The van der Waals surface area contributed by atoms with Gasteiger partial charge in [-0.05, 0) is 37.5 Å². The molecule has 12 heteroatoms. The predicted molar refractivity (Wildman–Crippen MR) is 124 cm³/mol. The number of aromatic amines is 1. The van der Waals surface area contributed by atoms with Gasteiger partial charge in [0.25, 0.3) is 11.5 Å². The molecule has 2 heterocycles. The Morgan fingerprint density at radius 1 is 1.24 bits per heavy atom. The SMILES string of the molecule is CCCn1c(N)c(N(CCOC)C(=O)c2cccc(S(=O)(=O)N3CCCC3)c2)c(=O)[nH]c1=O. The molecule has 0 atom stereocenters. The Bertz CT molecular complexity index is 1230. The fraction of sp³-hybridized carbons (Fsp3) is 0.476. The minimum atomic E-state index is -3.74. The number of sulfonamides is 1. The summed E-state index contributed by atoms with van der Waals surface area (Å²) in [5, 5.41) is 0. The van der Waals surface area contributed by atoms with E-state index in [1.165, 1.54) is 40.2 Å². The van der Waals surface area contributed by atoms with Gasteiger partial charge in [-0.2, -0.15) is 4.31 Å². The summed E-state index contributed by atoms with van der Waals surface area (Å²) in [5.41, 5.74) is 4.56. The molecule has 33 heavy (non-hydrogen) atoms. The van der Waals surface area contributed by atoms with Gasteiger partial charge < -0.3 is 10.5 Å². The molecule has 1 aliphatic rings. The van der Waals surface area contributed by atoms with E-state index >= 15 is 0 Å². The summed E-state index contributed by atoms with van der Waals surface area (Å²) in [7, 11) is -2.30. The number of aromatic nitrogens is 2. The van der Waals surface area contributed by atoms with E-state index in [-0.39, 0.29) is 41.7 Å². The van der Waals surface area contributed by atoms with Crippen molar-refractivity contribution in [1.29, 1.82) is 0 Å². The summed E-state index contributed by atoms with van der Waals surface area (Å²) < 4.78 is 33.6. The zero-order valence-corrected chi connectivity index (χ0v) is 19.6. The molecule has 1 amide bonds. The zero-order valence-electron chi connectivity index (χ0n) is 18.7. The van der Waals surface area contributed by atoms with Crippen molar-refractivity contribution in [2.45, 2.75) is 37.6 Å². The first kappa shape index (κ1) is 24.7. The Kier molecular flexibility index (Phi) is 7.72. The Morgan fingerprint density at radius 3 is 2.58 bits per heavy atom. The minimum Gasteiger partial charge on any atom is -0.383 e. The maximum Gasteiger partial charge on any atom is 0.330 e. The Morgan fingerprint density at radius 2 is 1.94 bits per heavy atom. The molecule has 1 aliphatic heterocycles. The zero-order chi connectivity index (χ0) is 24.2. The van der Waals surface area contributed by atoms with Gasteiger partial charge in [0.2, 0.25) is 10.0 Å². The second kappa shape index (κ2) is 10.3. The van der Waals surface area contributed by atoms with Crippen LogP contribution in [0.2, 0.25) is 0 Å². The number of rotatable bonds is 9. The van der Waals surface area contributed by atoms with Crippen LogP contribution >= 0.6 is 0 Å². The van der Waals surface area contributed by atoms with E-state index in [1.54, 1.807) is 0 Å². The maximum absolute atomic E-state index is 13.5. The average Bonchev–Trinajstić information content (AvgIpc) is 3.34. The highest BCUT2D eigenvalue weighted by atomic mass is 32.2. The summed E-state index contributed by atoms with van der Waals surface area (Å²) in [6.45, 7) is 3.02. The molecule has 0 bridgehead atoms. The van der Waals surface area contributed by atoms with Gasteiger partial charge in [-0.15, -0.1) is 0 Å². The maximum atomic E-state index is 13.5. The number of anilines is 2. The Balaban J connectivity index is 2.07. The first-order chi connectivity index (χ1) is 15.7. The van der Waals surface area contributed by atoms with Crippen LogP contribution in [0.15, 0.2) is 38.8 Å². The van der Waals surface area contributed by atoms with Crippen LogP contribution in [-0.4, -0.2) is 61.5 Å². The molecule has 1 fully saturated rings. The van der Waals surface area contributed by atoms with Gasteiger partial charge in [-0.3, -0.25) is 24.0 Å². The highest BCUT2D eigenvalue weighted by Gasteiger charge is 2.29. The van der Waals surface area contributed by atoms with E-state index in [0.717, 1.165) is 17.7 Å². The molecule has 2 aromatic rings. The fourth-order valence-electron chi connectivity index (χ4n) is 3.80. The van der Waals surface area contributed by atoms with Crippen molar-refractivity contribution in [3.05, 3.63) is 50.7 Å². The van der Waals surface area contributed by atoms with E-state index in [2.05, 4.69) is 4.98 Å². The number of nitrogens with two attached hydrogens (primary N) is 1. The molecule has 0 aliphatic carbocycles. The molecule has 0 spiro atoms. The number of carbonyl (C=O) groups is 1. The first-order valence-corrected chi connectivity index (χ1v) is 12.2. The van der Waals surface area contributed by atoms with Gasteiger partial charge in [-0.1, -0.05) is 13.0 Å². The van der Waals surface area contributed by atoms with E-state index in [1.807, 2.05) is 6.92 Å². The lowest BCUT2D eigenvalue weighted by molar-refractivity contribution is 0.0975. The van der Waals surface area contributed by atoms with Gasteiger partial charge in [-0.25, -0.2) is 13.2 Å². The van der Waals surface area contributed by atoms with Crippen LogP contribution in [0.5, 0.6) is 0 Å². The molecule has 1 aromatic carbocycles. The molecule has 3 N–H and O–H groups in total. The van der Waals surface area contributed by atoms with Crippen molar-refractivity contribution >= 4 is 27.4 Å². The molecule has 0 saturated carbocycles. The van der Waals surface area contributed by atoms with E-state index in [9.17, 15) is 22.8 Å². The third kappa shape index (κ3) is 5.02. The van der Waals surface area contributed by atoms with Crippen molar-refractivity contribution < 1.29 is 17.9 Å². The first-order valence-electron chi connectivity index (χ1n) is 10.8. The van der Waals surface area contributed by atoms with Crippen LogP contribution in [-0.2, 0) is 21.3 Å². The topological polar surface area (TPSA) is 148 Å². The molecular formula is C21H29N5O6S. The molecule has 11 nitrogen and oxygen atoms in total. The molecule has 1 aromatic heterocycles. The normalized spacial score (nSPS) is 14.5. The Labute approximate surface area is 191 Å². The van der Waals surface area contributed by atoms with Crippen LogP contribution in [0.3, 0.4) is 0 Å². The number of nitrogens with one attached hydrogen (secondary N) is 1. The molecule has 1 saturated heterocycles. The fourth-order valence-corrected chi connectivity index (χ4v) is 5.37. The largest absolute Gasteiger partial charge is 0.383 e. The number of methoxy groups -OCH3 is 1. The predicted octanol–water partition coefficient (Wildman–Crippen LogP) is 0.607.